The minimum atomic E-state index is -3.48. The maximum atomic E-state index is 11.9. The van der Waals surface area contributed by atoms with Gasteiger partial charge in [-0.1, -0.05) is 0 Å². The third-order valence-electron chi connectivity index (χ3n) is 2.39. The number of carbonyl (C=O) groups excluding carboxylic acids is 1. The van der Waals surface area contributed by atoms with E-state index in [0.717, 1.165) is 12.5 Å². The number of anilines is 1. The van der Waals surface area contributed by atoms with Gasteiger partial charge in [-0.15, -0.1) is 0 Å². The fourth-order valence-electron chi connectivity index (χ4n) is 1.48. The normalized spacial score (nSPS) is 12.1. The van der Waals surface area contributed by atoms with E-state index in [-0.39, 0.29) is 29.2 Å². The molecule has 0 fully saturated rings. The summed E-state index contributed by atoms with van der Waals surface area (Å²) in [4.78, 5) is 11.8. The molecule has 8 nitrogen and oxygen atoms in total. The summed E-state index contributed by atoms with van der Waals surface area (Å²) >= 11 is 0. The molecule has 0 radical (unpaired) electrons. The molecular weight excluding hydrogens is 318 g/mol. The van der Waals surface area contributed by atoms with E-state index in [1.165, 1.54) is 18.2 Å². The molecule has 0 saturated heterocycles. The van der Waals surface area contributed by atoms with Crippen LogP contribution in [0, 0.1) is 0 Å². The number of benzene rings is 1. The molecule has 0 saturated carbocycles. The topological polar surface area (TPSA) is 135 Å². The van der Waals surface area contributed by atoms with Crippen LogP contribution in [0.1, 0.15) is 10.4 Å². The smallest absolute Gasteiger partial charge is 0.251 e. The van der Waals surface area contributed by atoms with E-state index in [1.54, 1.807) is 0 Å². The summed E-state index contributed by atoms with van der Waals surface area (Å²) in [5.41, 5.74) is 5.81. The second kappa shape index (κ2) is 6.41. The number of nitrogens with two attached hydrogens (primary N) is 1. The Morgan fingerprint density at radius 1 is 1.10 bits per heavy atom. The van der Waals surface area contributed by atoms with Crippen LogP contribution < -0.4 is 15.8 Å². The number of sulfonamides is 1. The molecule has 0 spiro atoms. The fourth-order valence-corrected chi connectivity index (χ4v) is 2.65. The first-order valence-corrected chi connectivity index (χ1v) is 9.61. The van der Waals surface area contributed by atoms with Crippen molar-refractivity contribution in [2.24, 2.45) is 0 Å². The predicted octanol–water partition coefficient (Wildman–Crippen LogP) is -1.05. The SMILES string of the molecule is CS(=O)(=O)NCCNC(=O)c1cc(N)cc(S(C)(=O)=O)c1. The van der Waals surface area contributed by atoms with Crippen LogP contribution in [0.5, 0.6) is 0 Å². The largest absolute Gasteiger partial charge is 0.399 e. The second-order valence-corrected chi connectivity index (χ2v) is 8.33. The standard InChI is InChI=1S/C11H17N3O5S2/c1-20(16,17)10-6-8(5-9(12)7-10)11(15)13-3-4-14-21(2,18)19/h5-7,14H,3-4,12H2,1-2H3,(H,13,15). The van der Waals surface area contributed by atoms with Crippen molar-refractivity contribution in [3.8, 4) is 0 Å². The molecule has 0 unspecified atom stereocenters. The lowest BCUT2D eigenvalue weighted by Gasteiger charge is -2.08. The fraction of sp³-hybridized carbons (Fsp3) is 0.364. The van der Waals surface area contributed by atoms with Gasteiger partial charge in [0.15, 0.2) is 9.84 Å². The molecule has 0 aromatic heterocycles. The van der Waals surface area contributed by atoms with Gasteiger partial charge in [-0.05, 0) is 18.2 Å². The molecular formula is C11H17N3O5S2. The monoisotopic (exact) mass is 335 g/mol. The lowest BCUT2D eigenvalue weighted by Crippen LogP contribution is -2.34. The maximum Gasteiger partial charge on any atom is 0.251 e. The van der Waals surface area contributed by atoms with Gasteiger partial charge >= 0.3 is 0 Å². The highest BCUT2D eigenvalue weighted by molar-refractivity contribution is 7.90. The summed E-state index contributed by atoms with van der Waals surface area (Å²) in [6.07, 6.45) is 2.02. The van der Waals surface area contributed by atoms with Crippen LogP contribution in [-0.2, 0) is 19.9 Å². The number of carbonyl (C=O) groups is 1. The molecule has 21 heavy (non-hydrogen) atoms. The molecule has 1 rings (SSSR count). The summed E-state index contributed by atoms with van der Waals surface area (Å²) in [6, 6.07) is 3.82. The lowest BCUT2D eigenvalue weighted by molar-refractivity contribution is 0.0954. The first kappa shape index (κ1) is 17.4. The summed E-state index contributed by atoms with van der Waals surface area (Å²) in [5, 5.41) is 2.46. The summed E-state index contributed by atoms with van der Waals surface area (Å²) in [5.74, 6) is -0.539. The van der Waals surface area contributed by atoms with E-state index in [0.29, 0.717) is 0 Å². The molecule has 10 heteroatoms. The summed E-state index contributed by atoms with van der Waals surface area (Å²) in [7, 11) is -6.80. The highest BCUT2D eigenvalue weighted by Gasteiger charge is 2.13. The van der Waals surface area contributed by atoms with Gasteiger partial charge in [0.1, 0.15) is 0 Å². The zero-order valence-electron chi connectivity index (χ0n) is 11.6. The Morgan fingerprint density at radius 2 is 1.71 bits per heavy atom. The number of hydrogen-bond donors (Lipinski definition) is 3. The number of hydrogen-bond acceptors (Lipinski definition) is 6. The van der Waals surface area contributed by atoms with Crippen LogP contribution in [0.4, 0.5) is 5.69 Å². The maximum absolute atomic E-state index is 11.9. The highest BCUT2D eigenvalue weighted by Crippen LogP contribution is 2.16. The van der Waals surface area contributed by atoms with Crippen molar-refractivity contribution in [1.29, 1.82) is 0 Å². The quantitative estimate of drug-likeness (QED) is 0.448. The molecule has 0 heterocycles. The molecule has 0 aliphatic carbocycles. The Labute approximate surface area is 123 Å². The van der Waals surface area contributed by atoms with Crippen molar-refractivity contribution >= 4 is 31.5 Å². The van der Waals surface area contributed by atoms with Crippen LogP contribution in [0.15, 0.2) is 23.1 Å². The molecule has 1 amide bonds. The van der Waals surface area contributed by atoms with Gasteiger partial charge in [-0.3, -0.25) is 4.79 Å². The number of sulfone groups is 1. The zero-order chi connectivity index (χ0) is 16.3. The van der Waals surface area contributed by atoms with Crippen LogP contribution in [0.3, 0.4) is 0 Å². The van der Waals surface area contributed by atoms with Gasteiger partial charge < -0.3 is 11.1 Å². The van der Waals surface area contributed by atoms with Crippen molar-refractivity contribution in [3.05, 3.63) is 23.8 Å². The molecule has 118 valence electrons. The molecule has 0 aliphatic rings. The van der Waals surface area contributed by atoms with Crippen LogP contribution >= 0.6 is 0 Å². The van der Waals surface area contributed by atoms with Crippen LogP contribution in [0.2, 0.25) is 0 Å². The van der Waals surface area contributed by atoms with Crippen LogP contribution in [0.25, 0.3) is 0 Å². The Morgan fingerprint density at radius 3 is 2.24 bits per heavy atom. The molecule has 0 bridgehead atoms. The first-order chi connectivity index (χ1) is 9.49. The Balaban J connectivity index is 2.77. The van der Waals surface area contributed by atoms with Gasteiger partial charge in [0.05, 0.1) is 11.2 Å². The van der Waals surface area contributed by atoms with Crippen molar-refractivity contribution in [2.75, 3.05) is 31.3 Å². The van der Waals surface area contributed by atoms with Crippen molar-refractivity contribution in [3.63, 3.8) is 0 Å². The molecule has 0 aliphatic heterocycles. The number of amides is 1. The number of nitrogens with one attached hydrogen (secondary N) is 2. The summed E-state index contributed by atoms with van der Waals surface area (Å²) in [6.45, 7) is 0.0979. The molecule has 1 aromatic carbocycles. The lowest BCUT2D eigenvalue weighted by atomic mass is 10.2. The minimum absolute atomic E-state index is 0.0336. The van der Waals surface area contributed by atoms with E-state index in [9.17, 15) is 21.6 Å². The van der Waals surface area contributed by atoms with Crippen molar-refractivity contribution < 1.29 is 21.6 Å². The zero-order valence-corrected chi connectivity index (χ0v) is 13.2. The van der Waals surface area contributed by atoms with Gasteiger partial charge in [-0.25, -0.2) is 21.6 Å². The number of rotatable bonds is 6. The van der Waals surface area contributed by atoms with Crippen molar-refractivity contribution in [1.82, 2.24) is 10.0 Å². The average Bonchev–Trinajstić information content (AvgIpc) is 2.31. The van der Waals surface area contributed by atoms with Gasteiger partial charge in [-0.2, -0.15) is 0 Å². The van der Waals surface area contributed by atoms with Crippen LogP contribution in [-0.4, -0.2) is 48.3 Å². The van der Waals surface area contributed by atoms with Crippen molar-refractivity contribution in [2.45, 2.75) is 4.90 Å². The average molecular weight is 335 g/mol. The Bertz CT molecular complexity index is 741. The van der Waals surface area contributed by atoms with E-state index >= 15 is 0 Å². The number of nitrogen functional groups attached to an aromatic ring is 1. The Hall–Kier alpha value is -1.65. The second-order valence-electron chi connectivity index (χ2n) is 4.49. The van der Waals surface area contributed by atoms with Gasteiger partial charge in [0.2, 0.25) is 10.0 Å². The molecule has 1 aromatic rings. The third kappa shape index (κ3) is 6.10. The Kier molecular flexibility index (Phi) is 5.31. The summed E-state index contributed by atoms with van der Waals surface area (Å²) < 4.78 is 46.8. The third-order valence-corrected chi connectivity index (χ3v) is 4.21. The van der Waals surface area contributed by atoms with E-state index < -0.39 is 25.8 Å². The predicted molar refractivity (Wildman–Crippen MR) is 79.1 cm³/mol. The van der Waals surface area contributed by atoms with Gasteiger partial charge in [0.25, 0.3) is 5.91 Å². The van der Waals surface area contributed by atoms with Gasteiger partial charge in [0, 0.05) is 30.6 Å². The van der Waals surface area contributed by atoms with E-state index in [2.05, 4.69) is 10.0 Å². The minimum Gasteiger partial charge on any atom is -0.399 e. The van der Waals surface area contributed by atoms with E-state index in [1.807, 2.05) is 0 Å². The first-order valence-electron chi connectivity index (χ1n) is 5.82. The highest BCUT2D eigenvalue weighted by atomic mass is 32.2. The molecule has 0 atom stereocenters. The van der Waals surface area contributed by atoms with E-state index in [4.69, 9.17) is 5.73 Å². The molecule has 4 N–H and O–H groups in total.